The van der Waals surface area contributed by atoms with Gasteiger partial charge in [0, 0.05) is 19.8 Å². The van der Waals surface area contributed by atoms with Gasteiger partial charge in [0.05, 0.1) is 7.11 Å². The summed E-state index contributed by atoms with van der Waals surface area (Å²) >= 11 is 0. The summed E-state index contributed by atoms with van der Waals surface area (Å²) in [6.45, 7) is 0. The monoisotopic (exact) mass is 377 g/mol. The lowest BCUT2D eigenvalue weighted by Crippen LogP contribution is -2.58. The van der Waals surface area contributed by atoms with E-state index in [9.17, 15) is 5.11 Å². The molecule has 1 saturated carbocycles. The van der Waals surface area contributed by atoms with E-state index in [-0.39, 0.29) is 23.4 Å². The number of methoxy groups -OCH3 is 3. The molecular formula is C18H27N5O4. The van der Waals surface area contributed by atoms with Crippen LogP contribution in [0.2, 0.25) is 0 Å². The van der Waals surface area contributed by atoms with Crippen molar-refractivity contribution in [3.05, 3.63) is 17.7 Å². The van der Waals surface area contributed by atoms with Gasteiger partial charge in [-0.2, -0.15) is 4.99 Å². The Labute approximate surface area is 158 Å². The first-order valence-corrected chi connectivity index (χ1v) is 8.92. The lowest BCUT2D eigenvalue weighted by Gasteiger charge is -2.46. The van der Waals surface area contributed by atoms with Crippen LogP contribution in [0, 0.1) is 0 Å². The number of hydrogen-bond donors (Lipinski definition) is 3. The Morgan fingerprint density at radius 3 is 2.37 bits per heavy atom. The van der Waals surface area contributed by atoms with Crippen molar-refractivity contribution >= 4 is 17.6 Å². The van der Waals surface area contributed by atoms with Crippen molar-refractivity contribution < 1.29 is 19.3 Å². The predicted octanol–water partition coefficient (Wildman–Crippen LogP) is 1.80. The zero-order chi connectivity index (χ0) is 19.6. The van der Waals surface area contributed by atoms with E-state index in [1.165, 1.54) is 27.4 Å². The summed E-state index contributed by atoms with van der Waals surface area (Å²) in [6.07, 6.45) is 3.90. The number of ether oxygens (including phenoxy) is 3. The largest absolute Gasteiger partial charge is 0.504 e. The Kier molecular flexibility index (Phi) is 5.43. The quantitative estimate of drug-likeness (QED) is 0.668. The summed E-state index contributed by atoms with van der Waals surface area (Å²) in [5, 5.41) is 10.4. The minimum Gasteiger partial charge on any atom is -0.504 e. The molecule has 9 heteroatoms. The Morgan fingerprint density at radius 2 is 1.78 bits per heavy atom. The number of anilines is 1. The number of phenols is 1. The molecule has 5 N–H and O–H groups in total. The van der Waals surface area contributed by atoms with Gasteiger partial charge >= 0.3 is 0 Å². The van der Waals surface area contributed by atoms with Gasteiger partial charge in [0.25, 0.3) is 0 Å². The fourth-order valence-electron chi connectivity index (χ4n) is 3.99. The second-order valence-electron chi connectivity index (χ2n) is 6.68. The van der Waals surface area contributed by atoms with Crippen molar-refractivity contribution in [2.45, 2.75) is 44.1 Å². The van der Waals surface area contributed by atoms with E-state index in [0.29, 0.717) is 11.3 Å². The number of aliphatic imine (C=N–C) groups is 2. The highest BCUT2D eigenvalue weighted by Gasteiger charge is 2.45. The zero-order valence-electron chi connectivity index (χ0n) is 15.9. The molecule has 1 fully saturated rings. The highest BCUT2D eigenvalue weighted by Crippen LogP contribution is 2.48. The molecule has 1 aliphatic carbocycles. The molecule has 1 aromatic carbocycles. The predicted molar refractivity (Wildman–Crippen MR) is 103 cm³/mol. The minimum absolute atomic E-state index is 0.0245. The molecule has 1 heterocycles. The van der Waals surface area contributed by atoms with E-state index in [4.69, 9.17) is 25.7 Å². The van der Waals surface area contributed by atoms with Gasteiger partial charge in [-0.05, 0) is 37.8 Å². The molecule has 148 valence electrons. The molecule has 0 bridgehead atoms. The third kappa shape index (κ3) is 3.28. The Hall–Kier alpha value is -2.52. The number of rotatable bonds is 5. The molecule has 9 nitrogen and oxygen atoms in total. The van der Waals surface area contributed by atoms with Crippen molar-refractivity contribution in [3.8, 4) is 11.5 Å². The van der Waals surface area contributed by atoms with Crippen LogP contribution >= 0.6 is 0 Å². The van der Waals surface area contributed by atoms with Crippen molar-refractivity contribution in [1.29, 1.82) is 0 Å². The molecule has 3 rings (SSSR count). The van der Waals surface area contributed by atoms with Crippen LogP contribution in [0.15, 0.2) is 22.1 Å². The number of hydrogen-bond acceptors (Lipinski definition) is 9. The van der Waals surface area contributed by atoms with Crippen LogP contribution in [-0.2, 0) is 9.47 Å². The van der Waals surface area contributed by atoms with Crippen LogP contribution in [0.1, 0.15) is 44.0 Å². The van der Waals surface area contributed by atoms with Gasteiger partial charge in [-0.25, -0.2) is 4.99 Å². The fraction of sp³-hybridized carbons (Fsp3) is 0.556. The topological polar surface area (TPSA) is 128 Å². The maximum absolute atomic E-state index is 10.4. The number of guanidine groups is 2. The summed E-state index contributed by atoms with van der Waals surface area (Å²) in [5.74, 6) is 0.579. The van der Waals surface area contributed by atoms with E-state index in [1.54, 1.807) is 11.0 Å². The van der Waals surface area contributed by atoms with Crippen LogP contribution in [0.4, 0.5) is 5.69 Å². The standard InChI is InChI=1S/C18H27N5O4/c1-25-14-12(24)8-7-11(15(26-2)27-3)13(14)23-17(20)21-16(19)22-18(23)9-5-4-6-10-18/h7-8,15,24H,4-6,9-10H2,1-3H3,(H4,19,20,21,22). The lowest BCUT2D eigenvalue weighted by atomic mass is 9.86. The van der Waals surface area contributed by atoms with Gasteiger partial charge in [0.1, 0.15) is 11.4 Å². The number of nitrogens with zero attached hydrogens (tertiary/aromatic N) is 3. The SMILES string of the molecule is COc1c(O)ccc(C(OC)OC)c1N1C(N)=NC(N)=NC12CCCCC2. The molecule has 0 amide bonds. The van der Waals surface area contributed by atoms with Gasteiger partial charge < -0.3 is 30.8 Å². The lowest BCUT2D eigenvalue weighted by molar-refractivity contribution is -0.105. The Morgan fingerprint density at radius 1 is 1.11 bits per heavy atom. The summed E-state index contributed by atoms with van der Waals surface area (Å²) < 4.78 is 16.4. The molecule has 0 atom stereocenters. The highest BCUT2D eigenvalue weighted by atomic mass is 16.7. The van der Waals surface area contributed by atoms with E-state index in [0.717, 1.165) is 32.1 Å². The summed E-state index contributed by atoms with van der Waals surface area (Å²) in [5.41, 5.74) is 12.8. The van der Waals surface area contributed by atoms with Gasteiger partial charge in [-0.3, -0.25) is 4.90 Å². The first-order valence-electron chi connectivity index (χ1n) is 8.92. The normalized spacial score (nSPS) is 19.2. The molecule has 2 aliphatic rings. The third-order valence-electron chi connectivity index (χ3n) is 5.10. The minimum atomic E-state index is -0.689. The first kappa shape index (κ1) is 19.2. The molecule has 0 radical (unpaired) electrons. The fourth-order valence-corrected chi connectivity index (χ4v) is 3.99. The summed E-state index contributed by atoms with van der Waals surface area (Å²) in [4.78, 5) is 10.7. The van der Waals surface area contributed by atoms with Gasteiger partial charge in [0.15, 0.2) is 17.8 Å². The smallest absolute Gasteiger partial charge is 0.220 e. The van der Waals surface area contributed by atoms with Crippen LogP contribution < -0.4 is 21.1 Å². The van der Waals surface area contributed by atoms with Crippen molar-refractivity contribution in [3.63, 3.8) is 0 Å². The molecular weight excluding hydrogens is 350 g/mol. The van der Waals surface area contributed by atoms with Crippen LogP contribution in [0.5, 0.6) is 11.5 Å². The number of phenolic OH excluding ortho intramolecular Hbond substituents is 1. The van der Waals surface area contributed by atoms with Gasteiger partial charge in [-0.1, -0.05) is 6.42 Å². The van der Waals surface area contributed by atoms with Gasteiger partial charge in [0.2, 0.25) is 11.9 Å². The van der Waals surface area contributed by atoms with Crippen molar-refractivity contribution in [1.82, 2.24) is 0 Å². The molecule has 1 aromatic rings. The third-order valence-corrected chi connectivity index (χ3v) is 5.10. The average molecular weight is 377 g/mol. The van der Waals surface area contributed by atoms with Crippen LogP contribution in [0.25, 0.3) is 0 Å². The molecule has 27 heavy (non-hydrogen) atoms. The second-order valence-corrected chi connectivity index (χ2v) is 6.68. The number of nitrogens with two attached hydrogens (primary N) is 2. The second kappa shape index (κ2) is 7.61. The maximum atomic E-state index is 10.4. The molecule has 1 spiro atoms. The maximum Gasteiger partial charge on any atom is 0.220 e. The average Bonchev–Trinajstić information content (AvgIpc) is 2.64. The van der Waals surface area contributed by atoms with E-state index < -0.39 is 12.0 Å². The molecule has 0 unspecified atom stereocenters. The Bertz CT molecular complexity index is 754. The Balaban J connectivity index is 2.26. The highest BCUT2D eigenvalue weighted by molar-refractivity contribution is 6.07. The molecule has 0 saturated heterocycles. The summed E-state index contributed by atoms with van der Waals surface area (Å²) in [6, 6.07) is 3.25. The van der Waals surface area contributed by atoms with E-state index in [1.807, 2.05) is 0 Å². The molecule has 0 aromatic heterocycles. The van der Waals surface area contributed by atoms with Crippen molar-refractivity contribution in [2.24, 2.45) is 21.5 Å². The number of benzene rings is 1. The number of aromatic hydroxyl groups is 1. The van der Waals surface area contributed by atoms with Crippen LogP contribution in [0.3, 0.4) is 0 Å². The van der Waals surface area contributed by atoms with Crippen molar-refractivity contribution in [2.75, 3.05) is 26.2 Å². The molecule has 1 aliphatic heterocycles. The summed E-state index contributed by atoms with van der Waals surface area (Å²) in [7, 11) is 4.56. The zero-order valence-corrected chi connectivity index (χ0v) is 15.9. The van der Waals surface area contributed by atoms with Crippen LogP contribution in [-0.4, -0.2) is 44.0 Å². The first-order chi connectivity index (χ1) is 13.0. The van der Waals surface area contributed by atoms with E-state index in [2.05, 4.69) is 9.98 Å². The van der Waals surface area contributed by atoms with Gasteiger partial charge in [-0.15, -0.1) is 0 Å². The van der Waals surface area contributed by atoms with E-state index >= 15 is 0 Å².